The van der Waals surface area contributed by atoms with Gasteiger partial charge in [0.1, 0.15) is 0 Å². The molecule has 2 aromatic rings. The summed E-state index contributed by atoms with van der Waals surface area (Å²) in [6, 6.07) is 5.31. The summed E-state index contributed by atoms with van der Waals surface area (Å²) in [5, 5.41) is 6.18. The number of hydrogen-bond donors (Lipinski definition) is 3. The third-order valence-corrected chi connectivity index (χ3v) is 4.22. The van der Waals surface area contributed by atoms with Crippen LogP contribution in [-0.4, -0.2) is 23.3 Å². The van der Waals surface area contributed by atoms with Crippen LogP contribution in [0, 0.1) is 0 Å². The van der Waals surface area contributed by atoms with Gasteiger partial charge >= 0.3 is 0 Å². The Labute approximate surface area is 131 Å². The highest BCUT2D eigenvalue weighted by molar-refractivity contribution is 6.36. The Hall–Kier alpha value is -2.53. The first-order valence-corrected chi connectivity index (χ1v) is 7.33. The van der Waals surface area contributed by atoms with Crippen molar-refractivity contribution in [3.05, 3.63) is 51.8 Å². The van der Waals surface area contributed by atoms with Gasteiger partial charge in [-0.3, -0.25) is 9.59 Å². The molecule has 3 heterocycles. The highest BCUT2D eigenvalue weighted by Gasteiger charge is 2.26. The lowest BCUT2D eigenvalue weighted by Gasteiger charge is -2.12. The number of benzene rings is 1. The van der Waals surface area contributed by atoms with E-state index in [1.165, 1.54) is 0 Å². The van der Waals surface area contributed by atoms with E-state index >= 15 is 0 Å². The van der Waals surface area contributed by atoms with Gasteiger partial charge in [-0.25, -0.2) is 0 Å². The van der Waals surface area contributed by atoms with Crippen LogP contribution in [0.2, 0.25) is 5.02 Å². The molecular weight excluding hydrogens is 302 g/mol. The molecule has 0 unspecified atom stereocenters. The fourth-order valence-corrected chi connectivity index (χ4v) is 3.09. The smallest absolute Gasteiger partial charge is 0.256 e. The van der Waals surface area contributed by atoms with E-state index in [0.717, 1.165) is 23.2 Å². The number of carbonyl (C=O) groups excluding carboxylic acids is 2. The van der Waals surface area contributed by atoms with Crippen LogP contribution >= 0.6 is 11.6 Å². The molecule has 110 valence electrons. The van der Waals surface area contributed by atoms with Crippen LogP contribution in [0.3, 0.4) is 0 Å². The maximum absolute atomic E-state index is 12.2. The zero-order valence-corrected chi connectivity index (χ0v) is 12.3. The Morgan fingerprint density at radius 1 is 1.14 bits per heavy atom. The van der Waals surface area contributed by atoms with Crippen LogP contribution in [0.5, 0.6) is 0 Å². The maximum Gasteiger partial charge on any atom is 0.256 e. The van der Waals surface area contributed by atoms with Gasteiger partial charge in [0.2, 0.25) is 0 Å². The number of rotatable bonds is 1. The van der Waals surface area contributed by atoms with Gasteiger partial charge in [-0.2, -0.15) is 0 Å². The zero-order chi connectivity index (χ0) is 15.3. The number of anilines is 1. The lowest BCUT2D eigenvalue weighted by atomic mass is 10.00. The van der Waals surface area contributed by atoms with Crippen molar-refractivity contribution in [2.45, 2.75) is 6.42 Å². The van der Waals surface area contributed by atoms with E-state index in [-0.39, 0.29) is 11.8 Å². The number of fused-ring (bicyclic) bond motifs is 2. The van der Waals surface area contributed by atoms with Gasteiger partial charge < -0.3 is 15.6 Å². The maximum atomic E-state index is 12.2. The van der Waals surface area contributed by atoms with E-state index in [2.05, 4.69) is 15.6 Å². The summed E-state index contributed by atoms with van der Waals surface area (Å²) in [7, 11) is 0. The molecule has 0 aliphatic carbocycles. The van der Waals surface area contributed by atoms with E-state index < -0.39 is 0 Å². The number of H-pyrrole nitrogens is 1. The number of nitrogens with one attached hydrogen (secondary N) is 3. The molecule has 1 aromatic heterocycles. The summed E-state index contributed by atoms with van der Waals surface area (Å²) in [6.07, 6.45) is 4.23. The van der Waals surface area contributed by atoms with Crippen LogP contribution in [0.1, 0.15) is 27.2 Å². The van der Waals surface area contributed by atoms with E-state index in [1.807, 2.05) is 6.07 Å². The molecule has 2 aliphatic heterocycles. The molecule has 0 radical (unpaired) electrons. The summed E-state index contributed by atoms with van der Waals surface area (Å²) < 4.78 is 0. The molecule has 1 aromatic carbocycles. The SMILES string of the molecule is O=C1Nc2cc(Cl)ccc2C1=Cc1[nH]cc2c1CCNC2=O. The number of halogens is 1. The second kappa shape index (κ2) is 4.74. The minimum atomic E-state index is -0.166. The molecule has 2 aliphatic rings. The number of carbonyl (C=O) groups is 2. The normalized spacial score (nSPS) is 18.0. The summed E-state index contributed by atoms with van der Waals surface area (Å²) >= 11 is 5.95. The topological polar surface area (TPSA) is 74.0 Å². The van der Waals surface area contributed by atoms with Crippen molar-refractivity contribution in [3.63, 3.8) is 0 Å². The van der Waals surface area contributed by atoms with Crippen molar-refractivity contribution >= 4 is 40.8 Å². The Morgan fingerprint density at radius 3 is 2.86 bits per heavy atom. The fourth-order valence-electron chi connectivity index (χ4n) is 2.92. The van der Waals surface area contributed by atoms with Gasteiger partial charge in [0.15, 0.2) is 0 Å². The Kier molecular flexibility index (Phi) is 2.84. The van der Waals surface area contributed by atoms with Gasteiger partial charge in [-0.05, 0) is 30.2 Å². The fraction of sp³-hybridized carbons (Fsp3) is 0.125. The minimum absolute atomic E-state index is 0.0785. The molecule has 6 heteroatoms. The molecule has 0 saturated carbocycles. The van der Waals surface area contributed by atoms with Crippen LogP contribution in [0.15, 0.2) is 24.4 Å². The van der Waals surface area contributed by atoms with Gasteiger partial charge in [0.25, 0.3) is 11.8 Å². The second-order valence-corrected chi connectivity index (χ2v) is 5.74. The number of amides is 2. The van der Waals surface area contributed by atoms with Crippen molar-refractivity contribution in [2.24, 2.45) is 0 Å². The zero-order valence-electron chi connectivity index (χ0n) is 11.5. The molecule has 0 bridgehead atoms. The first kappa shape index (κ1) is 13.2. The van der Waals surface area contributed by atoms with Gasteiger partial charge in [0, 0.05) is 29.0 Å². The quantitative estimate of drug-likeness (QED) is 0.707. The minimum Gasteiger partial charge on any atom is -0.361 e. The summed E-state index contributed by atoms with van der Waals surface area (Å²) in [4.78, 5) is 27.1. The molecule has 0 saturated heterocycles. The van der Waals surface area contributed by atoms with Crippen molar-refractivity contribution in [2.75, 3.05) is 11.9 Å². The molecule has 2 amide bonds. The molecule has 0 spiro atoms. The Balaban J connectivity index is 1.82. The monoisotopic (exact) mass is 313 g/mol. The second-order valence-electron chi connectivity index (χ2n) is 5.30. The van der Waals surface area contributed by atoms with E-state index in [9.17, 15) is 9.59 Å². The predicted octanol–water partition coefficient (Wildman–Crippen LogP) is 2.45. The summed E-state index contributed by atoms with van der Waals surface area (Å²) in [6.45, 7) is 0.609. The van der Waals surface area contributed by atoms with Crippen molar-refractivity contribution in [3.8, 4) is 0 Å². The molecule has 3 N–H and O–H groups in total. The van der Waals surface area contributed by atoms with E-state index in [0.29, 0.717) is 28.4 Å². The first-order chi connectivity index (χ1) is 10.6. The van der Waals surface area contributed by atoms with Gasteiger partial charge in [-0.15, -0.1) is 0 Å². The highest BCUT2D eigenvalue weighted by Crippen LogP contribution is 2.35. The van der Waals surface area contributed by atoms with Crippen molar-refractivity contribution in [1.82, 2.24) is 10.3 Å². The third kappa shape index (κ3) is 1.94. The number of aromatic amines is 1. The molecule has 4 rings (SSSR count). The molecule has 0 fully saturated rings. The van der Waals surface area contributed by atoms with Crippen LogP contribution < -0.4 is 10.6 Å². The van der Waals surface area contributed by atoms with Crippen LogP contribution in [0.25, 0.3) is 11.6 Å². The molecule has 0 atom stereocenters. The highest BCUT2D eigenvalue weighted by atomic mass is 35.5. The molecule has 5 nitrogen and oxygen atoms in total. The summed E-state index contributed by atoms with van der Waals surface area (Å²) in [5.41, 5.74) is 4.50. The molecular formula is C16H12ClN3O2. The van der Waals surface area contributed by atoms with Gasteiger partial charge in [-0.1, -0.05) is 17.7 Å². The lowest BCUT2D eigenvalue weighted by Crippen LogP contribution is -2.31. The van der Waals surface area contributed by atoms with Crippen LogP contribution in [-0.2, 0) is 11.2 Å². The lowest BCUT2D eigenvalue weighted by molar-refractivity contribution is -0.110. The standard InChI is InChI=1S/C16H12ClN3O2/c17-8-1-2-9-11(16(22)20-14(9)5-8)6-13-10-3-4-18-15(21)12(10)7-19-13/h1-2,5-7,19H,3-4H2,(H,18,21)(H,20,22). The van der Waals surface area contributed by atoms with Gasteiger partial charge in [0.05, 0.1) is 16.8 Å². The Bertz CT molecular complexity index is 851. The van der Waals surface area contributed by atoms with Crippen LogP contribution in [0.4, 0.5) is 5.69 Å². The average Bonchev–Trinajstić information content (AvgIpc) is 3.02. The van der Waals surface area contributed by atoms with Crippen molar-refractivity contribution in [1.29, 1.82) is 0 Å². The Morgan fingerprint density at radius 2 is 2.00 bits per heavy atom. The molecule has 22 heavy (non-hydrogen) atoms. The van der Waals surface area contributed by atoms with E-state index in [4.69, 9.17) is 11.6 Å². The first-order valence-electron chi connectivity index (χ1n) is 6.95. The summed E-state index contributed by atoms with van der Waals surface area (Å²) in [5.74, 6) is -0.244. The largest absolute Gasteiger partial charge is 0.361 e. The predicted molar refractivity (Wildman–Crippen MR) is 84.8 cm³/mol. The number of hydrogen-bond acceptors (Lipinski definition) is 2. The number of aromatic nitrogens is 1. The van der Waals surface area contributed by atoms with Crippen molar-refractivity contribution < 1.29 is 9.59 Å². The average molecular weight is 314 g/mol. The third-order valence-electron chi connectivity index (χ3n) is 3.98. The van der Waals surface area contributed by atoms with E-state index in [1.54, 1.807) is 24.4 Å².